The maximum absolute atomic E-state index is 12.0. The highest BCUT2D eigenvalue weighted by atomic mass is 19.4. The fourth-order valence-corrected chi connectivity index (χ4v) is 0.830. The van der Waals surface area contributed by atoms with E-state index in [0.29, 0.717) is 0 Å². The maximum atomic E-state index is 12.0. The molecule has 0 saturated carbocycles. The minimum Gasteiger partial charge on any atom is -0.460 e. The quantitative estimate of drug-likeness (QED) is 0.750. The predicted molar refractivity (Wildman–Crippen MR) is 49.1 cm³/mol. The van der Waals surface area contributed by atoms with Crippen LogP contribution in [0, 0.1) is 0 Å². The smallest absolute Gasteiger partial charge is 0.403 e. The molecule has 3 nitrogen and oxygen atoms in total. The van der Waals surface area contributed by atoms with Gasteiger partial charge in [0.15, 0.2) is 0 Å². The van der Waals surface area contributed by atoms with Crippen LogP contribution in [0.3, 0.4) is 0 Å². The monoisotopic (exact) mass is 227 g/mol. The summed E-state index contributed by atoms with van der Waals surface area (Å²) < 4.78 is 40.7. The lowest BCUT2D eigenvalue weighted by molar-refractivity contribution is -0.160. The van der Waals surface area contributed by atoms with E-state index in [4.69, 9.17) is 10.5 Å². The Bertz CT molecular complexity index is 220. The van der Waals surface area contributed by atoms with E-state index < -0.39 is 30.2 Å². The Morgan fingerprint density at radius 1 is 1.33 bits per heavy atom. The topological polar surface area (TPSA) is 52.3 Å². The summed E-state index contributed by atoms with van der Waals surface area (Å²) in [7, 11) is 0. The number of carbonyl (C=O) groups excluding carboxylic acids is 1. The second-order valence-electron chi connectivity index (χ2n) is 4.27. The summed E-state index contributed by atoms with van der Waals surface area (Å²) in [5.74, 6) is -0.665. The molecule has 15 heavy (non-hydrogen) atoms. The molecule has 0 aliphatic heterocycles. The summed E-state index contributed by atoms with van der Waals surface area (Å²) >= 11 is 0. The fraction of sp³-hybridized carbons (Fsp3) is 0.889. The van der Waals surface area contributed by atoms with E-state index in [1.54, 1.807) is 20.8 Å². The molecule has 0 rings (SSSR count). The molecule has 90 valence electrons. The zero-order chi connectivity index (χ0) is 12.3. The Kier molecular flexibility index (Phi) is 4.58. The van der Waals surface area contributed by atoms with Crippen LogP contribution >= 0.6 is 0 Å². The van der Waals surface area contributed by atoms with Crippen LogP contribution in [0.25, 0.3) is 0 Å². The third-order valence-electron chi connectivity index (χ3n) is 1.50. The number of rotatable bonds is 3. The summed E-state index contributed by atoms with van der Waals surface area (Å²) in [6.45, 7) is 4.94. The van der Waals surface area contributed by atoms with Gasteiger partial charge >= 0.3 is 12.1 Å². The molecule has 0 saturated heterocycles. The number of esters is 1. The van der Waals surface area contributed by atoms with Gasteiger partial charge in [-0.05, 0) is 27.2 Å². The van der Waals surface area contributed by atoms with Gasteiger partial charge in [-0.15, -0.1) is 0 Å². The van der Waals surface area contributed by atoms with Crippen molar-refractivity contribution in [2.24, 2.45) is 5.73 Å². The predicted octanol–water partition coefficient (Wildman–Crippen LogP) is 2.00. The number of alkyl halides is 3. The standard InChI is InChI=1S/C9H16F3NO2/c1-8(2,3)15-7(14)5-4-6(13)9(10,11)12/h6H,4-5,13H2,1-3H3/t6-/m0/s1. The van der Waals surface area contributed by atoms with E-state index in [9.17, 15) is 18.0 Å². The molecule has 0 aromatic heterocycles. The molecule has 0 aromatic carbocycles. The number of hydrogen-bond acceptors (Lipinski definition) is 3. The van der Waals surface area contributed by atoms with Crippen molar-refractivity contribution in [1.29, 1.82) is 0 Å². The van der Waals surface area contributed by atoms with Gasteiger partial charge in [-0.1, -0.05) is 0 Å². The molecule has 2 N–H and O–H groups in total. The van der Waals surface area contributed by atoms with Crippen molar-refractivity contribution in [2.45, 2.75) is 51.4 Å². The fourth-order valence-electron chi connectivity index (χ4n) is 0.830. The van der Waals surface area contributed by atoms with Gasteiger partial charge in [0.25, 0.3) is 0 Å². The van der Waals surface area contributed by atoms with Gasteiger partial charge in [-0.25, -0.2) is 0 Å². The Morgan fingerprint density at radius 3 is 2.13 bits per heavy atom. The molecule has 0 aliphatic rings. The maximum Gasteiger partial charge on any atom is 0.403 e. The van der Waals surface area contributed by atoms with Gasteiger partial charge in [0, 0.05) is 6.42 Å². The molecule has 0 fully saturated rings. The molecule has 0 aliphatic carbocycles. The highest BCUT2D eigenvalue weighted by molar-refractivity contribution is 5.69. The average Bonchev–Trinajstić information content (AvgIpc) is 1.94. The summed E-state index contributed by atoms with van der Waals surface area (Å²) in [4.78, 5) is 11.0. The van der Waals surface area contributed by atoms with E-state index in [1.807, 2.05) is 0 Å². The van der Waals surface area contributed by atoms with Crippen LogP contribution in [0.1, 0.15) is 33.6 Å². The van der Waals surface area contributed by atoms with E-state index in [0.717, 1.165) is 0 Å². The summed E-state index contributed by atoms with van der Waals surface area (Å²) in [5.41, 5.74) is 4.15. The third-order valence-corrected chi connectivity index (χ3v) is 1.50. The van der Waals surface area contributed by atoms with E-state index in [2.05, 4.69) is 0 Å². The molecule has 0 unspecified atom stereocenters. The Hall–Kier alpha value is -0.780. The minimum absolute atomic E-state index is 0.321. The number of hydrogen-bond donors (Lipinski definition) is 1. The molecule has 0 spiro atoms. The van der Waals surface area contributed by atoms with Crippen LogP contribution in [0.5, 0.6) is 0 Å². The number of halogens is 3. The lowest BCUT2D eigenvalue weighted by Gasteiger charge is -2.20. The molecule has 0 aromatic rings. The molecule has 1 atom stereocenters. The molecule has 0 heterocycles. The minimum atomic E-state index is -4.46. The second kappa shape index (κ2) is 4.83. The van der Waals surface area contributed by atoms with Crippen molar-refractivity contribution >= 4 is 5.97 Å². The van der Waals surface area contributed by atoms with Crippen LogP contribution in [-0.4, -0.2) is 23.8 Å². The highest BCUT2D eigenvalue weighted by Gasteiger charge is 2.36. The number of nitrogens with two attached hydrogens (primary N) is 1. The Morgan fingerprint density at radius 2 is 1.80 bits per heavy atom. The zero-order valence-electron chi connectivity index (χ0n) is 9.02. The average molecular weight is 227 g/mol. The highest BCUT2D eigenvalue weighted by Crippen LogP contribution is 2.22. The molecule has 6 heteroatoms. The lowest BCUT2D eigenvalue weighted by Crippen LogP contribution is -2.38. The first-order valence-electron chi connectivity index (χ1n) is 4.56. The van der Waals surface area contributed by atoms with Crippen molar-refractivity contribution in [2.75, 3.05) is 0 Å². The van der Waals surface area contributed by atoms with Gasteiger partial charge in [0.1, 0.15) is 11.6 Å². The van der Waals surface area contributed by atoms with E-state index in [-0.39, 0.29) is 6.42 Å². The summed E-state index contributed by atoms with van der Waals surface area (Å²) in [6, 6.07) is -1.97. The van der Waals surface area contributed by atoms with Crippen LogP contribution in [0.4, 0.5) is 13.2 Å². The van der Waals surface area contributed by atoms with Crippen LogP contribution in [0.15, 0.2) is 0 Å². The second-order valence-corrected chi connectivity index (χ2v) is 4.27. The van der Waals surface area contributed by atoms with Crippen molar-refractivity contribution in [3.05, 3.63) is 0 Å². The van der Waals surface area contributed by atoms with E-state index >= 15 is 0 Å². The Balaban J connectivity index is 3.92. The van der Waals surface area contributed by atoms with Crippen LogP contribution in [0.2, 0.25) is 0 Å². The number of ether oxygens (including phenoxy) is 1. The Labute approximate surface area is 86.8 Å². The van der Waals surface area contributed by atoms with Gasteiger partial charge in [-0.2, -0.15) is 13.2 Å². The summed E-state index contributed by atoms with van der Waals surface area (Å²) in [5, 5.41) is 0. The molecular formula is C9H16F3NO2. The molecule has 0 bridgehead atoms. The van der Waals surface area contributed by atoms with Crippen molar-refractivity contribution in [3.63, 3.8) is 0 Å². The first kappa shape index (κ1) is 14.2. The van der Waals surface area contributed by atoms with Crippen molar-refractivity contribution < 1.29 is 22.7 Å². The first-order valence-corrected chi connectivity index (χ1v) is 4.56. The van der Waals surface area contributed by atoms with E-state index in [1.165, 1.54) is 0 Å². The molecular weight excluding hydrogens is 211 g/mol. The largest absolute Gasteiger partial charge is 0.460 e. The van der Waals surface area contributed by atoms with Gasteiger partial charge < -0.3 is 10.5 Å². The molecule has 0 radical (unpaired) electrons. The summed E-state index contributed by atoms with van der Waals surface area (Å²) in [6.07, 6.45) is -5.22. The van der Waals surface area contributed by atoms with Crippen molar-refractivity contribution in [1.82, 2.24) is 0 Å². The van der Waals surface area contributed by atoms with Crippen LogP contribution in [-0.2, 0) is 9.53 Å². The van der Waals surface area contributed by atoms with Gasteiger partial charge in [0.2, 0.25) is 0 Å². The normalized spacial score (nSPS) is 14.9. The third kappa shape index (κ3) is 7.18. The van der Waals surface area contributed by atoms with Crippen molar-refractivity contribution in [3.8, 4) is 0 Å². The zero-order valence-corrected chi connectivity index (χ0v) is 9.02. The lowest BCUT2D eigenvalue weighted by atomic mass is 10.1. The SMILES string of the molecule is CC(C)(C)OC(=O)CC[C@H](N)C(F)(F)F. The number of carbonyl (C=O) groups is 1. The first-order chi connectivity index (χ1) is 6.52. The van der Waals surface area contributed by atoms with Crippen LogP contribution < -0.4 is 5.73 Å². The van der Waals surface area contributed by atoms with Gasteiger partial charge in [0.05, 0.1) is 0 Å². The molecule has 0 amide bonds. The van der Waals surface area contributed by atoms with Gasteiger partial charge in [-0.3, -0.25) is 4.79 Å².